The Morgan fingerprint density at radius 1 is 0.651 bits per heavy atom. The molecule has 0 saturated heterocycles. The van der Waals surface area contributed by atoms with Gasteiger partial charge in [0.2, 0.25) is 0 Å². The van der Waals surface area contributed by atoms with Crippen molar-refractivity contribution >= 4 is 0 Å². The van der Waals surface area contributed by atoms with Crippen LogP contribution in [0.3, 0.4) is 0 Å². The lowest BCUT2D eigenvalue weighted by Gasteiger charge is -2.20. The van der Waals surface area contributed by atoms with Crippen molar-refractivity contribution in [3.8, 4) is 28.7 Å². The number of hydrogen-bond acceptors (Lipinski definition) is 1. The summed E-state index contributed by atoms with van der Waals surface area (Å²) >= 11 is 0. The Bertz CT molecular complexity index is 1670. The van der Waals surface area contributed by atoms with Crippen LogP contribution in [0.25, 0.3) is 11.1 Å². The Labute approximate surface area is 239 Å². The standard InChI is InChI=1S/C32H20F10O/c1-2-3-4-5-17-12-25(36)30(26(37)13-17)32(41,42)43-21-9-8-19(22(33)16-21)7-6-18-10-23(34)29(24(35)11-18)20-14-27(38)31(40)28(39)15-20/h8-16H,2-5H2,1H3. The highest BCUT2D eigenvalue weighted by atomic mass is 19.3. The molecule has 0 radical (unpaired) electrons. The maximum Gasteiger partial charge on any atom is 0.432 e. The quantitative estimate of drug-likeness (QED) is 0.0836. The van der Waals surface area contributed by atoms with Gasteiger partial charge in [0, 0.05) is 11.6 Å². The summed E-state index contributed by atoms with van der Waals surface area (Å²) in [4.78, 5) is 0. The molecule has 0 atom stereocenters. The van der Waals surface area contributed by atoms with Crippen molar-refractivity contribution in [1.82, 2.24) is 0 Å². The minimum atomic E-state index is -4.51. The molecule has 4 aromatic carbocycles. The van der Waals surface area contributed by atoms with E-state index in [-0.39, 0.29) is 11.1 Å². The lowest BCUT2D eigenvalue weighted by molar-refractivity contribution is -0.189. The van der Waals surface area contributed by atoms with Crippen LogP contribution in [-0.2, 0) is 12.5 Å². The van der Waals surface area contributed by atoms with Crippen molar-refractivity contribution in [2.45, 2.75) is 38.7 Å². The van der Waals surface area contributed by atoms with E-state index in [2.05, 4.69) is 16.6 Å². The number of benzene rings is 4. The molecule has 0 aromatic heterocycles. The molecular formula is C32H20F10O. The fourth-order valence-electron chi connectivity index (χ4n) is 4.25. The zero-order chi connectivity index (χ0) is 31.5. The van der Waals surface area contributed by atoms with Crippen LogP contribution in [0.4, 0.5) is 43.9 Å². The van der Waals surface area contributed by atoms with Gasteiger partial charge in [0.25, 0.3) is 0 Å². The summed E-state index contributed by atoms with van der Waals surface area (Å²) < 4.78 is 147. The second kappa shape index (κ2) is 12.8. The second-order valence-corrected chi connectivity index (χ2v) is 9.47. The predicted octanol–water partition coefficient (Wildman–Crippen LogP) is 9.73. The summed E-state index contributed by atoms with van der Waals surface area (Å²) in [5, 5.41) is 0. The molecule has 0 aliphatic rings. The van der Waals surface area contributed by atoms with Crippen LogP contribution >= 0.6 is 0 Å². The zero-order valence-electron chi connectivity index (χ0n) is 22.2. The molecule has 1 nitrogen and oxygen atoms in total. The lowest BCUT2D eigenvalue weighted by atomic mass is 10.0. The molecule has 0 heterocycles. The third kappa shape index (κ3) is 7.13. The van der Waals surface area contributed by atoms with E-state index in [4.69, 9.17) is 0 Å². The molecule has 0 aliphatic carbocycles. The van der Waals surface area contributed by atoms with E-state index in [1.54, 1.807) is 0 Å². The van der Waals surface area contributed by atoms with E-state index in [1.165, 1.54) is 0 Å². The molecule has 0 fully saturated rings. The lowest BCUT2D eigenvalue weighted by Crippen LogP contribution is -2.25. The van der Waals surface area contributed by atoms with Crippen LogP contribution in [0.15, 0.2) is 54.6 Å². The second-order valence-electron chi connectivity index (χ2n) is 9.47. The highest BCUT2D eigenvalue weighted by molar-refractivity contribution is 5.66. The Morgan fingerprint density at radius 3 is 1.81 bits per heavy atom. The minimum absolute atomic E-state index is 0.199. The molecule has 43 heavy (non-hydrogen) atoms. The molecule has 0 unspecified atom stereocenters. The molecule has 224 valence electrons. The van der Waals surface area contributed by atoms with Crippen LogP contribution in [0, 0.1) is 58.4 Å². The van der Waals surface area contributed by atoms with E-state index < -0.39 is 80.6 Å². The van der Waals surface area contributed by atoms with Gasteiger partial charge >= 0.3 is 6.11 Å². The van der Waals surface area contributed by atoms with Gasteiger partial charge < -0.3 is 4.74 Å². The monoisotopic (exact) mass is 610 g/mol. The molecule has 0 N–H and O–H groups in total. The van der Waals surface area contributed by atoms with Gasteiger partial charge in [0.1, 0.15) is 40.4 Å². The van der Waals surface area contributed by atoms with Gasteiger partial charge in [-0.1, -0.05) is 31.6 Å². The van der Waals surface area contributed by atoms with E-state index in [0.29, 0.717) is 43.2 Å². The van der Waals surface area contributed by atoms with Gasteiger partial charge in [-0.3, -0.25) is 0 Å². The van der Waals surface area contributed by atoms with Gasteiger partial charge in [0.05, 0.1) is 11.1 Å². The van der Waals surface area contributed by atoms with Crippen LogP contribution < -0.4 is 4.74 Å². The van der Waals surface area contributed by atoms with Crippen molar-refractivity contribution in [2.24, 2.45) is 0 Å². The van der Waals surface area contributed by atoms with Crippen molar-refractivity contribution < 1.29 is 48.6 Å². The van der Waals surface area contributed by atoms with Gasteiger partial charge in [-0.25, -0.2) is 35.1 Å². The largest absolute Gasteiger partial charge is 0.432 e. The van der Waals surface area contributed by atoms with Crippen LogP contribution in [-0.4, -0.2) is 0 Å². The van der Waals surface area contributed by atoms with E-state index in [1.807, 2.05) is 6.92 Å². The third-order valence-corrected chi connectivity index (χ3v) is 6.30. The number of unbranched alkanes of at least 4 members (excludes halogenated alkanes) is 2. The predicted molar refractivity (Wildman–Crippen MR) is 138 cm³/mol. The first kappa shape index (κ1) is 31.5. The van der Waals surface area contributed by atoms with Crippen LogP contribution in [0.1, 0.15) is 48.4 Å². The average Bonchev–Trinajstić information content (AvgIpc) is 2.90. The zero-order valence-corrected chi connectivity index (χ0v) is 22.2. The number of alkyl halides is 2. The minimum Gasteiger partial charge on any atom is -0.429 e. The van der Waals surface area contributed by atoms with E-state index in [0.717, 1.165) is 37.1 Å². The molecule has 4 rings (SSSR count). The van der Waals surface area contributed by atoms with Crippen molar-refractivity contribution in [3.63, 3.8) is 0 Å². The van der Waals surface area contributed by atoms with Crippen LogP contribution in [0.2, 0.25) is 0 Å². The summed E-state index contributed by atoms with van der Waals surface area (Å²) in [5.74, 6) is -8.32. The first-order chi connectivity index (χ1) is 20.3. The Hall–Kier alpha value is -4.46. The number of ether oxygens (including phenoxy) is 1. The summed E-state index contributed by atoms with van der Waals surface area (Å²) in [6, 6.07) is 5.96. The maximum atomic E-state index is 14.7. The number of halogens is 10. The van der Waals surface area contributed by atoms with Crippen LogP contribution in [0.5, 0.6) is 5.75 Å². The van der Waals surface area contributed by atoms with Crippen molar-refractivity contribution in [2.75, 3.05) is 0 Å². The molecule has 4 aromatic rings. The van der Waals surface area contributed by atoms with Gasteiger partial charge in [-0.15, -0.1) is 0 Å². The summed E-state index contributed by atoms with van der Waals surface area (Å²) in [5.41, 5.74) is -3.68. The van der Waals surface area contributed by atoms with Gasteiger partial charge in [0.15, 0.2) is 17.5 Å². The van der Waals surface area contributed by atoms with Gasteiger partial charge in [-0.05, 0) is 72.5 Å². The highest BCUT2D eigenvalue weighted by Gasteiger charge is 2.41. The Morgan fingerprint density at radius 2 is 1.26 bits per heavy atom. The molecule has 0 amide bonds. The van der Waals surface area contributed by atoms with Gasteiger partial charge in [-0.2, -0.15) is 8.78 Å². The fourth-order valence-corrected chi connectivity index (χ4v) is 4.25. The summed E-state index contributed by atoms with van der Waals surface area (Å²) in [6.07, 6.45) is -1.96. The Kier molecular flexibility index (Phi) is 9.38. The smallest absolute Gasteiger partial charge is 0.429 e. The maximum absolute atomic E-state index is 14.7. The number of aryl methyl sites for hydroxylation is 1. The topological polar surface area (TPSA) is 9.23 Å². The summed E-state index contributed by atoms with van der Waals surface area (Å²) in [6.45, 7) is 1.93. The number of rotatable bonds is 8. The number of hydrogen-bond donors (Lipinski definition) is 0. The first-order valence-electron chi connectivity index (χ1n) is 12.8. The van der Waals surface area contributed by atoms with E-state index >= 15 is 0 Å². The molecular weight excluding hydrogens is 590 g/mol. The van der Waals surface area contributed by atoms with Crippen molar-refractivity contribution in [3.05, 3.63) is 123 Å². The molecule has 0 saturated carbocycles. The van der Waals surface area contributed by atoms with Crippen molar-refractivity contribution in [1.29, 1.82) is 0 Å². The SMILES string of the molecule is CCCCCc1cc(F)c(C(F)(F)Oc2ccc(C#Cc3cc(F)c(-c4cc(F)c(F)c(F)c4)c(F)c3)c(F)c2)c(F)c1. The van der Waals surface area contributed by atoms with E-state index in [9.17, 15) is 43.9 Å². The fraction of sp³-hybridized carbons (Fsp3) is 0.188. The summed E-state index contributed by atoms with van der Waals surface area (Å²) in [7, 11) is 0. The molecule has 0 spiro atoms. The highest BCUT2D eigenvalue weighted by Crippen LogP contribution is 2.36. The average molecular weight is 610 g/mol. The third-order valence-electron chi connectivity index (χ3n) is 6.30. The first-order valence-corrected chi connectivity index (χ1v) is 12.8. The molecule has 11 heteroatoms. The Balaban J connectivity index is 1.54. The molecule has 0 bridgehead atoms. The normalized spacial score (nSPS) is 11.3. The molecule has 0 aliphatic heterocycles.